The van der Waals surface area contributed by atoms with Crippen molar-refractivity contribution in [2.75, 3.05) is 12.0 Å². The summed E-state index contributed by atoms with van der Waals surface area (Å²) in [6.07, 6.45) is 2.41. The number of sulfone groups is 1. The summed E-state index contributed by atoms with van der Waals surface area (Å²) >= 11 is 9.37. The lowest BCUT2D eigenvalue weighted by molar-refractivity contribution is 0.506. The van der Waals surface area contributed by atoms with Gasteiger partial charge >= 0.3 is 0 Å². The van der Waals surface area contributed by atoms with Crippen LogP contribution >= 0.6 is 27.5 Å². The molecule has 1 aromatic carbocycles. The van der Waals surface area contributed by atoms with Crippen LogP contribution in [0.2, 0.25) is 5.02 Å². The quantitative estimate of drug-likeness (QED) is 0.607. The molecule has 0 aliphatic carbocycles. The highest BCUT2D eigenvalue weighted by Crippen LogP contribution is 2.28. The van der Waals surface area contributed by atoms with Crippen molar-refractivity contribution in [1.29, 1.82) is 0 Å². The monoisotopic (exact) mass is 354 g/mol. The van der Waals surface area contributed by atoms with Gasteiger partial charge < -0.3 is 0 Å². The minimum Gasteiger partial charge on any atom is -0.271 e. The highest BCUT2D eigenvalue weighted by molar-refractivity contribution is 9.10. The summed E-state index contributed by atoms with van der Waals surface area (Å²) in [5, 5.41) is 0.622. The topological polar surface area (TPSA) is 72.2 Å². The maximum atomic E-state index is 11.1. The van der Waals surface area contributed by atoms with Crippen LogP contribution in [0, 0.1) is 0 Å². The molecule has 0 aliphatic rings. The second kappa shape index (κ2) is 6.86. The lowest BCUT2D eigenvalue weighted by atomic mass is 10.0. The molecule has 102 valence electrons. The van der Waals surface area contributed by atoms with E-state index < -0.39 is 9.84 Å². The molecule has 7 heteroatoms. The van der Waals surface area contributed by atoms with Gasteiger partial charge in [0.05, 0.1) is 0 Å². The number of nitrogens with two attached hydrogens (primary N) is 1. The second-order valence-electron chi connectivity index (χ2n) is 4.16. The first-order chi connectivity index (χ1) is 8.33. The van der Waals surface area contributed by atoms with Crippen LogP contribution in [0.25, 0.3) is 0 Å². The van der Waals surface area contributed by atoms with Crippen LogP contribution in [0.4, 0.5) is 0 Å². The van der Waals surface area contributed by atoms with Crippen molar-refractivity contribution in [1.82, 2.24) is 5.43 Å². The zero-order chi connectivity index (χ0) is 13.8. The lowest BCUT2D eigenvalue weighted by Crippen LogP contribution is -2.28. The van der Waals surface area contributed by atoms with Crippen molar-refractivity contribution in [3.63, 3.8) is 0 Å². The average molecular weight is 356 g/mol. The van der Waals surface area contributed by atoms with E-state index in [1.54, 1.807) is 6.07 Å². The normalized spacial score (nSPS) is 13.6. The molecule has 0 amide bonds. The molecule has 0 spiro atoms. The first-order valence-corrected chi connectivity index (χ1v) is 8.65. The number of hydrogen-bond acceptors (Lipinski definition) is 4. The van der Waals surface area contributed by atoms with Crippen molar-refractivity contribution >= 4 is 37.4 Å². The van der Waals surface area contributed by atoms with Crippen LogP contribution < -0.4 is 11.3 Å². The molecule has 0 fully saturated rings. The van der Waals surface area contributed by atoms with Gasteiger partial charge in [0, 0.05) is 27.5 Å². The maximum absolute atomic E-state index is 11.1. The van der Waals surface area contributed by atoms with E-state index in [1.165, 1.54) is 6.26 Å². The van der Waals surface area contributed by atoms with Crippen molar-refractivity contribution in [3.05, 3.63) is 33.3 Å². The molecule has 0 saturated carbocycles. The van der Waals surface area contributed by atoms with E-state index in [0.29, 0.717) is 17.9 Å². The molecule has 0 aliphatic heterocycles. The Morgan fingerprint density at radius 3 is 2.72 bits per heavy atom. The summed E-state index contributed by atoms with van der Waals surface area (Å²) in [6.45, 7) is 0. The third-order valence-electron chi connectivity index (χ3n) is 2.54. The van der Waals surface area contributed by atoms with Gasteiger partial charge in [0.15, 0.2) is 0 Å². The Morgan fingerprint density at radius 2 is 2.17 bits per heavy atom. The van der Waals surface area contributed by atoms with Gasteiger partial charge in [0.1, 0.15) is 9.84 Å². The molecule has 1 aromatic rings. The SMILES string of the molecule is CS(=O)(=O)CCCC(NN)c1cc(Cl)ccc1Br. The third-order valence-corrected chi connectivity index (χ3v) is 4.53. The smallest absolute Gasteiger partial charge is 0.147 e. The molecule has 0 heterocycles. The molecule has 0 saturated heterocycles. The summed E-state index contributed by atoms with van der Waals surface area (Å²) in [5.74, 6) is 5.67. The van der Waals surface area contributed by atoms with Crippen LogP contribution in [0.15, 0.2) is 22.7 Å². The Hall–Kier alpha value is -0.140. The Labute approximate surface area is 121 Å². The minimum absolute atomic E-state index is 0.125. The Kier molecular flexibility index (Phi) is 6.07. The highest BCUT2D eigenvalue weighted by Gasteiger charge is 2.14. The van der Waals surface area contributed by atoms with Crippen LogP contribution in [0.3, 0.4) is 0 Å². The van der Waals surface area contributed by atoms with Gasteiger partial charge in [-0.3, -0.25) is 11.3 Å². The van der Waals surface area contributed by atoms with Crippen molar-refractivity contribution in [3.8, 4) is 0 Å². The predicted molar refractivity (Wildman–Crippen MR) is 78.2 cm³/mol. The maximum Gasteiger partial charge on any atom is 0.147 e. The molecule has 1 atom stereocenters. The summed E-state index contributed by atoms with van der Waals surface area (Å²) in [5.41, 5.74) is 3.62. The zero-order valence-electron chi connectivity index (χ0n) is 9.99. The number of nitrogens with one attached hydrogen (secondary N) is 1. The summed E-state index contributed by atoms with van der Waals surface area (Å²) < 4.78 is 23.1. The summed E-state index contributed by atoms with van der Waals surface area (Å²) in [7, 11) is -2.93. The molecule has 0 aromatic heterocycles. The Bertz CT molecular complexity index is 508. The van der Waals surface area contributed by atoms with Crippen LogP contribution in [-0.4, -0.2) is 20.4 Å². The van der Waals surface area contributed by atoms with Gasteiger partial charge in [-0.1, -0.05) is 27.5 Å². The van der Waals surface area contributed by atoms with Crippen molar-refractivity contribution < 1.29 is 8.42 Å². The van der Waals surface area contributed by atoms with E-state index in [-0.39, 0.29) is 11.8 Å². The molecular weight excluding hydrogens is 340 g/mol. The molecule has 3 N–H and O–H groups in total. The summed E-state index contributed by atoms with van der Waals surface area (Å²) in [6, 6.07) is 5.31. The van der Waals surface area contributed by atoms with E-state index in [4.69, 9.17) is 17.4 Å². The fourth-order valence-electron chi connectivity index (χ4n) is 1.66. The van der Waals surface area contributed by atoms with E-state index in [0.717, 1.165) is 10.0 Å². The first-order valence-electron chi connectivity index (χ1n) is 5.42. The third kappa shape index (κ3) is 5.24. The highest BCUT2D eigenvalue weighted by atomic mass is 79.9. The fraction of sp³-hybridized carbons (Fsp3) is 0.455. The molecule has 18 heavy (non-hydrogen) atoms. The van der Waals surface area contributed by atoms with Crippen LogP contribution in [-0.2, 0) is 9.84 Å². The average Bonchev–Trinajstić information content (AvgIpc) is 2.27. The standard InChI is InChI=1S/C11H16BrClN2O2S/c1-18(16,17)6-2-3-11(15-14)9-7-8(13)4-5-10(9)12/h4-5,7,11,15H,2-3,6,14H2,1H3. The minimum atomic E-state index is -2.93. The van der Waals surface area contributed by atoms with Crippen LogP contribution in [0.5, 0.6) is 0 Å². The Balaban J connectivity index is 2.74. The van der Waals surface area contributed by atoms with Crippen molar-refractivity contribution in [2.24, 2.45) is 5.84 Å². The predicted octanol–water partition coefficient (Wildman–Crippen LogP) is 2.43. The number of hydrazine groups is 1. The zero-order valence-corrected chi connectivity index (χ0v) is 13.1. The summed E-state index contributed by atoms with van der Waals surface area (Å²) in [4.78, 5) is 0. The number of hydrogen-bond donors (Lipinski definition) is 2. The second-order valence-corrected chi connectivity index (χ2v) is 7.71. The molecule has 0 radical (unpaired) electrons. The van der Waals surface area contributed by atoms with Gasteiger partial charge in [0.25, 0.3) is 0 Å². The van der Waals surface area contributed by atoms with E-state index >= 15 is 0 Å². The van der Waals surface area contributed by atoms with Gasteiger partial charge in [-0.2, -0.15) is 0 Å². The van der Waals surface area contributed by atoms with Gasteiger partial charge in [-0.15, -0.1) is 0 Å². The lowest BCUT2D eigenvalue weighted by Gasteiger charge is -2.18. The van der Waals surface area contributed by atoms with E-state index in [1.807, 2.05) is 12.1 Å². The Morgan fingerprint density at radius 1 is 1.50 bits per heavy atom. The van der Waals surface area contributed by atoms with Crippen LogP contribution in [0.1, 0.15) is 24.4 Å². The first kappa shape index (κ1) is 15.9. The van der Waals surface area contributed by atoms with Crippen molar-refractivity contribution in [2.45, 2.75) is 18.9 Å². The van der Waals surface area contributed by atoms with E-state index in [9.17, 15) is 8.42 Å². The number of halogens is 2. The van der Waals surface area contributed by atoms with Gasteiger partial charge in [-0.25, -0.2) is 8.42 Å². The fourth-order valence-corrected chi connectivity index (χ4v) is 3.05. The van der Waals surface area contributed by atoms with E-state index in [2.05, 4.69) is 21.4 Å². The molecule has 0 bridgehead atoms. The van der Waals surface area contributed by atoms with Gasteiger partial charge in [0.2, 0.25) is 0 Å². The molecule has 1 unspecified atom stereocenters. The molecular formula is C11H16BrClN2O2S. The molecule has 4 nitrogen and oxygen atoms in total. The van der Waals surface area contributed by atoms with Gasteiger partial charge in [-0.05, 0) is 36.6 Å². The molecule has 1 rings (SSSR count). The number of benzene rings is 1. The largest absolute Gasteiger partial charge is 0.271 e. The number of rotatable bonds is 6.